The number of rotatable bonds is 6. The number of hydrogen-bond donors (Lipinski definition) is 1. The first-order chi connectivity index (χ1) is 9.60. The minimum absolute atomic E-state index is 0.330. The number of aromatic nitrogens is 4. The van der Waals surface area contributed by atoms with E-state index in [9.17, 15) is 0 Å². The highest BCUT2D eigenvalue weighted by Gasteiger charge is 2.08. The van der Waals surface area contributed by atoms with E-state index in [0.29, 0.717) is 18.5 Å². The summed E-state index contributed by atoms with van der Waals surface area (Å²) in [6, 6.07) is 6.57. The van der Waals surface area contributed by atoms with E-state index < -0.39 is 0 Å². The van der Waals surface area contributed by atoms with Crippen LogP contribution in [0.4, 0.5) is 0 Å². The molecule has 0 bridgehead atoms. The summed E-state index contributed by atoms with van der Waals surface area (Å²) >= 11 is 0. The van der Waals surface area contributed by atoms with Crippen molar-refractivity contribution in [1.29, 1.82) is 0 Å². The van der Waals surface area contributed by atoms with E-state index in [1.54, 1.807) is 7.05 Å². The fourth-order valence-corrected chi connectivity index (χ4v) is 2.05. The van der Waals surface area contributed by atoms with Crippen LogP contribution in [-0.2, 0) is 13.7 Å². The topological polar surface area (TPSA) is 64.9 Å². The lowest BCUT2D eigenvalue weighted by molar-refractivity contribution is 0.293. The van der Waals surface area contributed by atoms with Gasteiger partial charge in [0, 0.05) is 6.04 Å². The molecule has 1 aromatic heterocycles. The standard InChI is InChI=1S/C14H21N5O/c1-5-15-11(3)12-6-7-13(10(2)8-12)20-9-14-16-18-19(4)17-14/h6-8,11,15H,5,9H2,1-4H3. The van der Waals surface area contributed by atoms with Crippen LogP contribution in [0.15, 0.2) is 18.2 Å². The molecule has 1 unspecified atom stereocenters. The molecule has 1 atom stereocenters. The Morgan fingerprint density at radius 1 is 1.40 bits per heavy atom. The van der Waals surface area contributed by atoms with Gasteiger partial charge in [0.25, 0.3) is 0 Å². The van der Waals surface area contributed by atoms with Crippen LogP contribution in [0.2, 0.25) is 0 Å². The molecule has 2 rings (SSSR count). The molecule has 20 heavy (non-hydrogen) atoms. The summed E-state index contributed by atoms with van der Waals surface area (Å²) in [6.07, 6.45) is 0. The monoisotopic (exact) mass is 275 g/mol. The minimum atomic E-state index is 0.330. The average Bonchev–Trinajstić information content (AvgIpc) is 2.83. The lowest BCUT2D eigenvalue weighted by atomic mass is 10.1. The number of nitrogens with one attached hydrogen (secondary N) is 1. The molecule has 0 fully saturated rings. The number of nitrogens with zero attached hydrogens (tertiary/aromatic N) is 4. The Bertz CT molecular complexity index is 566. The second kappa shape index (κ2) is 6.47. The molecule has 0 amide bonds. The average molecular weight is 275 g/mol. The highest BCUT2D eigenvalue weighted by atomic mass is 16.5. The van der Waals surface area contributed by atoms with Crippen molar-refractivity contribution in [3.63, 3.8) is 0 Å². The number of hydrogen-bond acceptors (Lipinski definition) is 5. The molecule has 6 nitrogen and oxygen atoms in total. The van der Waals surface area contributed by atoms with Crippen LogP contribution >= 0.6 is 0 Å². The Morgan fingerprint density at radius 2 is 2.20 bits per heavy atom. The van der Waals surface area contributed by atoms with Crippen LogP contribution in [0, 0.1) is 6.92 Å². The molecule has 0 aliphatic heterocycles. The predicted molar refractivity (Wildman–Crippen MR) is 76.4 cm³/mol. The molecule has 1 N–H and O–H groups in total. The van der Waals surface area contributed by atoms with Gasteiger partial charge in [-0.05, 0) is 42.8 Å². The summed E-state index contributed by atoms with van der Waals surface area (Å²) in [6.45, 7) is 7.59. The van der Waals surface area contributed by atoms with Gasteiger partial charge < -0.3 is 10.1 Å². The van der Waals surface area contributed by atoms with E-state index in [-0.39, 0.29) is 0 Å². The van der Waals surface area contributed by atoms with Crippen molar-refractivity contribution in [2.45, 2.75) is 33.4 Å². The van der Waals surface area contributed by atoms with Crippen molar-refractivity contribution in [3.8, 4) is 5.75 Å². The number of ether oxygens (including phenoxy) is 1. The number of aryl methyl sites for hydroxylation is 2. The van der Waals surface area contributed by atoms with E-state index in [2.05, 4.69) is 46.7 Å². The van der Waals surface area contributed by atoms with Gasteiger partial charge in [0.05, 0.1) is 7.05 Å². The third-order valence-corrected chi connectivity index (χ3v) is 3.12. The third-order valence-electron chi connectivity index (χ3n) is 3.12. The molecule has 0 spiro atoms. The van der Waals surface area contributed by atoms with Crippen LogP contribution in [0.5, 0.6) is 5.75 Å². The Balaban J connectivity index is 2.02. The second-order valence-electron chi connectivity index (χ2n) is 4.79. The highest BCUT2D eigenvalue weighted by molar-refractivity contribution is 5.37. The zero-order chi connectivity index (χ0) is 14.5. The lowest BCUT2D eigenvalue weighted by Crippen LogP contribution is -2.17. The van der Waals surface area contributed by atoms with Gasteiger partial charge in [-0.15, -0.1) is 10.2 Å². The van der Waals surface area contributed by atoms with Crippen LogP contribution in [-0.4, -0.2) is 26.8 Å². The van der Waals surface area contributed by atoms with Crippen LogP contribution in [0.1, 0.15) is 36.8 Å². The van der Waals surface area contributed by atoms with Gasteiger partial charge in [-0.3, -0.25) is 0 Å². The second-order valence-corrected chi connectivity index (χ2v) is 4.79. The summed E-state index contributed by atoms with van der Waals surface area (Å²) in [4.78, 5) is 1.42. The van der Waals surface area contributed by atoms with Crippen LogP contribution in [0.25, 0.3) is 0 Å². The van der Waals surface area contributed by atoms with E-state index in [1.807, 2.05) is 13.0 Å². The molecule has 0 aliphatic carbocycles. The largest absolute Gasteiger partial charge is 0.485 e. The summed E-state index contributed by atoms with van der Waals surface area (Å²) in [5, 5.41) is 15.2. The summed E-state index contributed by atoms with van der Waals surface area (Å²) in [5.74, 6) is 1.43. The molecule has 0 aliphatic rings. The number of tetrazole rings is 1. The van der Waals surface area contributed by atoms with Crippen LogP contribution < -0.4 is 10.1 Å². The molecule has 2 aromatic rings. The molecule has 0 saturated carbocycles. The maximum absolute atomic E-state index is 5.73. The maximum Gasteiger partial charge on any atom is 0.212 e. The molecule has 108 valence electrons. The van der Waals surface area contributed by atoms with E-state index in [1.165, 1.54) is 10.4 Å². The van der Waals surface area contributed by atoms with Crippen molar-refractivity contribution in [1.82, 2.24) is 25.5 Å². The van der Waals surface area contributed by atoms with Crippen molar-refractivity contribution in [3.05, 3.63) is 35.2 Å². The van der Waals surface area contributed by atoms with Crippen LogP contribution in [0.3, 0.4) is 0 Å². The zero-order valence-electron chi connectivity index (χ0n) is 12.4. The van der Waals surface area contributed by atoms with Gasteiger partial charge in [-0.1, -0.05) is 19.1 Å². The van der Waals surface area contributed by atoms with E-state index in [0.717, 1.165) is 17.9 Å². The lowest BCUT2D eigenvalue weighted by Gasteiger charge is -2.15. The molecular weight excluding hydrogens is 254 g/mol. The van der Waals surface area contributed by atoms with Gasteiger partial charge >= 0.3 is 0 Å². The fourth-order valence-electron chi connectivity index (χ4n) is 2.05. The quantitative estimate of drug-likeness (QED) is 0.870. The van der Waals surface area contributed by atoms with Crippen molar-refractivity contribution >= 4 is 0 Å². The Hall–Kier alpha value is -1.95. The molecular formula is C14H21N5O. The van der Waals surface area contributed by atoms with E-state index >= 15 is 0 Å². The Morgan fingerprint density at radius 3 is 2.80 bits per heavy atom. The van der Waals surface area contributed by atoms with E-state index in [4.69, 9.17) is 4.74 Å². The first-order valence-corrected chi connectivity index (χ1v) is 6.79. The SMILES string of the molecule is CCNC(C)c1ccc(OCc2nnn(C)n2)c(C)c1. The highest BCUT2D eigenvalue weighted by Crippen LogP contribution is 2.23. The van der Waals surface area contributed by atoms with Crippen molar-refractivity contribution in [2.75, 3.05) is 6.54 Å². The summed E-state index contributed by atoms with van der Waals surface area (Å²) in [7, 11) is 1.73. The molecule has 0 radical (unpaired) electrons. The first kappa shape index (κ1) is 14.5. The molecule has 6 heteroatoms. The van der Waals surface area contributed by atoms with Gasteiger partial charge in [0.15, 0.2) is 6.61 Å². The fraction of sp³-hybridized carbons (Fsp3) is 0.500. The molecule has 1 aromatic carbocycles. The number of benzene rings is 1. The zero-order valence-corrected chi connectivity index (χ0v) is 12.4. The predicted octanol–water partition coefficient (Wildman–Crippen LogP) is 1.77. The third kappa shape index (κ3) is 3.54. The maximum atomic E-state index is 5.73. The first-order valence-electron chi connectivity index (χ1n) is 6.79. The van der Waals surface area contributed by atoms with Crippen molar-refractivity contribution in [2.24, 2.45) is 7.05 Å². The molecule has 1 heterocycles. The normalized spacial score (nSPS) is 12.4. The van der Waals surface area contributed by atoms with Gasteiger partial charge in [-0.25, -0.2) is 0 Å². The Labute approximate surface area is 119 Å². The summed E-state index contributed by atoms with van der Waals surface area (Å²) < 4.78 is 5.73. The smallest absolute Gasteiger partial charge is 0.212 e. The Kier molecular flexibility index (Phi) is 4.68. The van der Waals surface area contributed by atoms with Gasteiger partial charge in [-0.2, -0.15) is 4.80 Å². The summed E-state index contributed by atoms with van der Waals surface area (Å²) in [5.41, 5.74) is 2.37. The van der Waals surface area contributed by atoms with Gasteiger partial charge in [0.2, 0.25) is 5.82 Å². The minimum Gasteiger partial charge on any atom is -0.485 e. The van der Waals surface area contributed by atoms with Crippen molar-refractivity contribution < 1.29 is 4.74 Å². The molecule has 0 saturated heterocycles. The van der Waals surface area contributed by atoms with Gasteiger partial charge in [0.1, 0.15) is 5.75 Å².